The summed E-state index contributed by atoms with van der Waals surface area (Å²) in [7, 11) is 0. The molecular weight excluding hydrogens is 263 g/mol. The van der Waals surface area contributed by atoms with E-state index in [1.807, 2.05) is 6.92 Å². The lowest BCUT2D eigenvalue weighted by molar-refractivity contribution is -0.120. The van der Waals surface area contributed by atoms with E-state index in [0.29, 0.717) is 25.3 Å². The third-order valence-electron chi connectivity index (χ3n) is 2.51. The zero-order valence-electron chi connectivity index (χ0n) is 11.4. The fourth-order valence-corrected chi connectivity index (χ4v) is 1.47. The molecule has 0 atom stereocenters. The second-order valence-electron chi connectivity index (χ2n) is 4.09. The Balaban J connectivity index is 2.20. The topological polar surface area (TPSA) is 67.4 Å². The second-order valence-corrected chi connectivity index (χ2v) is 4.09. The van der Waals surface area contributed by atoms with Crippen LogP contribution in [0.5, 0.6) is 0 Å². The van der Waals surface area contributed by atoms with Gasteiger partial charge in [-0.2, -0.15) is 0 Å². The summed E-state index contributed by atoms with van der Waals surface area (Å²) in [4.78, 5) is 23.1. The Bertz CT molecular complexity index is 435. The molecule has 0 radical (unpaired) electrons. The molecule has 2 amide bonds. The molecule has 0 fully saturated rings. The number of carbonyl (C=O) groups is 2. The number of nitrogens with one attached hydrogen (secondary N) is 2. The molecular formula is C14H19FN2O3. The highest BCUT2D eigenvalue weighted by Gasteiger charge is 2.07. The van der Waals surface area contributed by atoms with Crippen molar-refractivity contribution < 1.29 is 18.7 Å². The van der Waals surface area contributed by atoms with Gasteiger partial charge in [-0.15, -0.1) is 0 Å². The highest BCUT2D eigenvalue weighted by atomic mass is 19.1. The molecule has 0 bridgehead atoms. The lowest BCUT2D eigenvalue weighted by Crippen LogP contribution is -2.37. The minimum atomic E-state index is -0.409. The number of rotatable bonds is 8. The van der Waals surface area contributed by atoms with Gasteiger partial charge in [-0.05, 0) is 37.6 Å². The summed E-state index contributed by atoms with van der Waals surface area (Å²) in [6, 6.07) is 5.13. The molecule has 0 aromatic heterocycles. The summed E-state index contributed by atoms with van der Waals surface area (Å²) in [6.45, 7) is 3.56. The van der Waals surface area contributed by atoms with Crippen LogP contribution >= 0.6 is 0 Å². The highest BCUT2D eigenvalue weighted by Crippen LogP contribution is 2.01. The summed E-state index contributed by atoms with van der Waals surface area (Å²) in [6.07, 6.45) is 0.728. The number of amides is 2. The molecule has 0 aliphatic carbocycles. The Morgan fingerprint density at radius 1 is 1.20 bits per heavy atom. The van der Waals surface area contributed by atoms with Crippen molar-refractivity contribution in [2.24, 2.45) is 0 Å². The minimum Gasteiger partial charge on any atom is -0.382 e. The third-order valence-corrected chi connectivity index (χ3v) is 2.51. The van der Waals surface area contributed by atoms with E-state index in [-0.39, 0.29) is 12.5 Å². The monoisotopic (exact) mass is 282 g/mol. The maximum absolute atomic E-state index is 12.7. The molecule has 0 saturated carbocycles. The molecule has 0 aliphatic rings. The molecule has 0 heterocycles. The van der Waals surface area contributed by atoms with Crippen LogP contribution in [0.25, 0.3) is 0 Å². The van der Waals surface area contributed by atoms with E-state index >= 15 is 0 Å². The first kappa shape index (κ1) is 16.1. The van der Waals surface area contributed by atoms with E-state index in [9.17, 15) is 14.0 Å². The summed E-state index contributed by atoms with van der Waals surface area (Å²) >= 11 is 0. The zero-order chi connectivity index (χ0) is 14.8. The molecule has 20 heavy (non-hydrogen) atoms. The van der Waals surface area contributed by atoms with E-state index < -0.39 is 11.7 Å². The largest absolute Gasteiger partial charge is 0.382 e. The number of halogens is 1. The molecule has 110 valence electrons. The van der Waals surface area contributed by atoms with Crippen LogP contribution in [0.2, 0.25) is 0 Å². The molecule has 0 spiro atoms. The third kappa shape index (κ3) is 6.29. The van der Waals surface area contributed by atoms with Gasteiger partial charge in [-0.1, -0.05) is 0 Å². The van der Waals surface area contributed by atoms with Gasteiger partial charge in [0.25, 0.3) is 5.91 Å². The van der Waals surface area contributed by atoms with Crippen molar-refractivity contribution in [1.29, 1.82) is 0 Å². The summed E-state index contributed by atoms with van der Waals surface area (Å²) in [5.41, 5.74) is 0.315. The van der Waals surface area contributed by atoms with Gasteiger partial charge in [-0.25, -0.2) is 4.39 Å². The summed E-state index contributed by atoms with van der Waals surface area (Å²) in [5, 5.41) is 5.13. The van der Waals surface area contributed by atoms with Crippen molar-refractivity contribution in [1.82, 2.24) is 10.6 Å². The maximum atomic E-state index is 12.7. The van der Waals surface area contributed by atoms with Gasteiger partial charge < -0.3 is 15.4 Å². The van der Waals surface area contributed by atoms with Crippen molar-refractivity contribution in [2.45, 2.75) is 13.3 Å². The van der Waals surface area contributed by atoms with Crippen LogP contribution in [0.1, 0.15) is 23.7 Å². The van der Waals surface area contributed by atoms with Crippen molar-refractivity contribution in [3.8, 4) is 0 Å². The van der Waals surface area contributed by atoms with Crippen LogP contribution in [0.15, 0.2) is 24.3 Å². The molecule has 5 nitrogen and oxygen atoms in total. The SMILES string of the molecule is CCOCCCNC(=O)CNC(=O)c1ccc(F)cc1. The summed E-state index contributed by atoms with van der Waals surface area (Å²) in [5.74, 6) is -1.08. The molecule has 0 aliphatic heterocycles. The highest BCUT2D eigenvalue weighted by molar-refractivity contribution is 5.96. The predicted molar refractivity (Wildman–Crippen MR) is 72.9 cm³/mol. The number of benzene rings is 1. The smallest absolute Gasteiger partial charge is 0.251 e. The van der Waals surface area contributed by atoms with Gasteiger partial charge in [0.2, 0.25) is 5.91 Å². The minimum absolute atomic E-state index is 0.106. The number of hydrogen-bond donors (Lipinski definition) is 2. The van der Waals surface area contributed by atoms with Gasteiger partial charge in [0.1, 0.15) is 5.82 Å². The summed E-state index contributed by atoms with van der Waals surface area (Å²) < 4.78 is 17.8. The maximum Gasteiger partial charge on any atom is 0.251 e. The van der Waals surface area contributed by atoms with Gasteiger partial charge in [-0.3, -0.25) is 9.59 Å². The zero-order valence-corrected chi connectivity index (χ0v) is 11.4. The van der Waals surface area contributed by atoms with Crippen LogP contribution < -0.4 is 10.6 Å². The fourth-order valence-electron chi connectivity index (χ4n) is 1.47. The van der Waals surface area contributed by atoms with Crippen molar-refractivity contribution in [3.63, 3.8) is 0 Å². The standard InChI is InChI=1S/C14H19FN2O3/c1-2-20-9-3-8-16-13(18)10-17-14(19)11-4-6-12(15)7-5-11/h4-7H,2-3,8-10H2,1H3,(H,16,18)(H,17,19). The van der Waals surface area contributed by atoms with Gasteiger partial charge >= 0.3 is 0 Å². The van der Waals surface area contributed by atoms with Crippen LogP contribution in [0.3, 0.4) is 0 Å². The van der Waals surface area contributed by atoms with Crippen molar-refractivity contribution in [2.75, 3.05) is 26.3 Å². The molecule has 1 rings (SSSR count). The Labute approximate surface area is 117 Å². The van der Waals surface area contributed by atoms with E-state index in [1.165, 1.54) is 24.3 Å². The molecule has 6 heteroatoms. The average molecular weight is 282 g/mol. The van der Waals surface area contributed by atoms with Crippen molar-refractivity contribution in [3.05, 3.63) is 35.6 Å². The number of ether oxygens (including phenoxy) is 1. The molecule has 0 saturated heterocycles. The normalized spacial score (nSPS) is 10.1. The van der Waals surface area contributed by atoms with Crippen molar-refractivity contribution >= 4 is 11.8 Å². The lowest BCUT2D eigenvalue weighted by Gasteiger charge is -2.07. The average Bonchev–Trinajstić information content (AvgIpc) is 2.45. The fraction of sp³-hybridized carbons (Fsp3) is 0.429. The van der Waals surface area contributed by atoms with Crippen LogP contribution in [-0.4, -0.2) is 38.1 Å². The second kappa shape index (κ2) is 9.03. The quantitative estimate of drug-likeness (QED) is 0.702. The first-order valence-corrected chi connectivity index (χ1v) is 6.51. The molecule has 1 aromatic carbocycles. The van der Waals surface area contributed by atoms with Gasteiger partial charge in [0.05, 0.1) is 6.54 Å². The molecule has 2 N–H and O–H groups in total. The molecule has 1 aromatic rings. The van der Waals surface area contributed by atoms with Gasteiger partial charge in [0.15, 0.2) is 0 Å². The van der Waals surface area contributed by atoms with E-state index in [1.54, 1.807) is 0 Å². The Morgan fingerprint density at radius 3 is 2.55 bits per heavy atom. The number of hydrogen-bond acceptors (Lipinski definition) is 3. The Kier molecular flexibility index (Phi) is 7.27. The first-order valence-electron chi connectivity index (χ1n) is 6.51. The van der Waals surface area contributed by atoms with E-state index in [0.717, 1.165) is 6.42 Å². The molecule has 0 unspecified atom stereocenters. The van der Waals surface area contributed by atoms with Crippen LogP contribution in [0, 0.1) is 5.82 Å². The predicted octanol–water partition coefficient (Wildman–Crippen LogP) is 1.10. The van der Waals surface area contributed by atoms with Gasteiger partial charge in [0, 0.05) is 25.3 Å². The number of carbonyl (C=O) groups excluding carboxylic acids is 2. The first-order chi connectivity index (χ1) is 9.63. The Morgan fingerprint density at radius 2 is 1.90 bits per heavy atom. The van der Waals surface area contributed by atoms with Crippen LogP contribution in [-0.2, 0) is 9.53 Å². The Hall–Kier alpha value is -1.95. The van der Waals surface area contributed by atoms with E-state index in [4.69, 9.17) is 4.74 Å². The lowest BCUT2D eigenvalue weighted by atomic mass is 10.2. The van der Waals surface area contributed by atoms with Crippen LogP contribution in [0.4, 0.5) is 4.39 Å². The van der Waals surface area contributed by atoms with E-state index in [2.05, 4.69) is 10.6 Å².